The minimum atomic E-state index is -1.21. The molecule has 2 aromatic rings. The van der Waals surface area contributed by atoms with Gasteiger partial charge in [-0.1, -0.05) is 19.9 Å². The second kappa shape index (κ2) is 12.0. The summed E-state index contributed by atoms with van der Waals surface area (Å²) in [6.45, 7) is 4.09. The zero-order valence-electron chi connectivity index (χ0n) is 19.8. The number of benzene rings is 1. The van der Waals surface area contributed by atoms with Crippen molar-refractivity contribution >= 4 is 57.5 Å². The maximum Gasteiger partial charge on any atom is 0.341 e. The SMILES string of the molecule is CCC(Sc1cccc(NC(=O)/C=C/C(=O)O)c1)C(=O)Nc1sc2c(c1C(=O)OC)CCC(C)C2. The minimum Gasteiger partial charge on any atom is -0.478 e. The van der Waals surface area contributed by atoms with Crippen LogP contribution in [-0.2, 0) is 32.0 Å². The van der Waals surface area contributed by atoms with Gasteiger partial charge in [-0.3, -0.25) is 9.59 Å². The van der Waals surface area contributed by atoms with E-state index in [1.807, 2.05) is 13.0 Å². The van der Waals surface area contributed by atoms with Crippen LogP contribution in [0.15, 0.2) is 41.3 Å². The topological polar surface area (TPSA) is 122 Å². The Labute approximate surface area is 212 Å². The van der Waals surface area contributed by atoms with E-state index in [4.69, 9.17) is 9.84 Å². The summed E-state index contributed by atoms with van der Waals surface area (Å²) in [5.41, 5.74) is 1.93. The number of esters is 1. The number of methoxy groups -OCH3 is 1. The number of carbonyl (C=O) groups is 4. The number of rotatable bonds is 9. The highest BCUT2D eigenvalue weighted by Crippen LogP contribution is 2.40. The van der Waals surface area contributed by atoms with Crippen molar-refractivity contribution in [2.45, 2.75) is 49.7 Å². The normalized spacial score (nSPS) is 15.8. The summed E-state index contributed by atoms with van der Waals surface area (Å²) in [5.74, 6) is -1.90. The largest absolute Gasteiger partial charge is 0.478 e. The standard InChI is InChI=1S/C25H28N2O6S2/c1-4-18(34-16-7-5-6-15(13-16)26-20(28)10-11-21(29)30)23(31)27-24-22(25(32)33-3)17-9-8-14(2)12-19(17)35-24/h5-7,10-11,13-14,18H,4,8-9,12H2,1-3H3,(H,26,28)(H,27,31)(H,29,30)/b11-10+. The summed E-state index contributed by atoms with van der Waals surface area (Å²) >= 11 is 2.79. The predicted octanol–water partition coefficient (Wildman–Crippen LogP) is 4.75. The molecule has 1 aliphatic rings. The van der Waals surface area contributed by atoms with Crippen LogP contribution in [0.4, 0.5) is 10.7 Å². The molecule has 1 aliphatic carbocycles. The fourth-order valence-corrected chi connectivity index (χ4v) is 6.23. The zero-order chi connectivity index (χ0) is 25.5. The predicted molar refractivity (Wildman–Crippen MR) is 137 cm³/mol. The van der Waals surface area contributed by atoms with E-state index in [0.717, 1.165) is 46.8 Å². The lowest BCUT2D eigenvalue weighted by Gasteiger charge is -2.18. The number of carboxylic acids is 1. The lowest BCUT2D eigenvalue weighted by atomic mass is 9.88. The lowest BCUT2D eigenvalue weighted by molar-refractivity contribution is -0.131. The Bertz CT molecular complexity index is 1160. The molecule has 3 rings (SSSR count). The molecule has 0 radical (unpaired) electrons. The monoisotopic (exact) mass is 516 g/mol. The van der Waals surface area contributed by atoms with Gasteiger partial charge >= 0.3 is 11.9 Å². The maximum atomic E-state index is 13.2. The average Bonchev–Trinajstić information content (AvgIpc) is 3.17. The van der Waals surface area contributed by atoms with E-state index in [-0.39, 0.29) is 5.91 Å². The second-order valence-electron chi connectivity index (χ2n) is 8.24. The first-order valence-electron chi connectivity index (χ1n) is 11.2. The minimum absolute atomic E-state index is 0.215. The number of thioether (sulfide) groups is 1. The smallest absolute Gasteiger partial charge is 0.341 e. The average molecular weight is 517 g/mol. The molecule has 2 unspecified atom stereocenters. The molecule has 186 valence electrons. The molecule has 8 nitrogen and oxygen atoms in total. The van der Waals surface area contributed by atoms with Crippen LogP contribution >= 0.6 is 23.1 Å². The van der Waals surface area contributed by atoms with E-state index in [0.29, 0.717) is 28.6 Å². The molecule has 0 fully saturated rings. The molecule has 0 saturated carbocycles. The number of hydrogen-bond donors (Lipinski definition) is 3. The number of hydrogen-bond acceptors (Lipinski definition) is 7. The molecular weight excluding hydrogens is 488 g/mol. The summed E-state index contributed by atoms with van der Waals surface area (Å²) in [5, 5.41) is 14.3. The third-order valence-corrected chi connectivity index (χ3v) is 8.09. The van der Waals surface area contributed by atoms with Crippen molar-refractivity contribution in [3.63, 3.8) is 0 Å². The molecule has 0 bridgehead atoms. The number of nitrogens with one attached hydrogen (secondary N) is 2. The van der Waals surface area contributed by atoms with Gasteiger partial charge in [-0.25, -0.2) is 9.59 Å². The van der Waals surface area contributed by atoms with Gasteiger partial charge in [-0.05, 0) is 55.4 Å². The Balaban J connectivity index is 1.74. The first kappa shape index (κ1) is 26.5. The number of fused-ring (bicyclic) bond motifs is 1. The number of anilines is 2. The molecule has 35 heavy (non-hydrogen) atoms. The number of carboxylic acid groups (broad SMARTS) is 1. The zero-order valence-corrected chi connectivity index (χ0v) is 21.4. The molecule has 1 aromatic heterocycles. The van der Waals surface area contributed by atoms with Crippen LogP contribution < -0.4 is 10.6 Å². The van der Waals surface area contributed by atoms with Gasteiger partial charge in [0.15, 0.2) is 0 Å². The van der Waals surface area contributed by atoms with Gasteiger partial charge in [0.1, 0.15) is 5.00 Å². The number of aliphatic carboxylic acids is 1. The molecule has 3 N–H and O–H groups in total. The van der Waals surface area contributed by atoms with Gasteiger partial charge in [0.2, 0.25) is 11.8 Å². The summed E-state index contributed by atoms with van der Waals surface area (Å²) in [6, 6.07) is 6.97. The number of carbonyl (C=O) groups excluding carboxylic acids is 3. The highest BCUT2D eigenvalue weighted by atomic mass is 32.2. The molecule has 10 heteroatoms. The van der Waals surface area contributed by atoms with Gasteiger partial charge in [-0.15, -0.1) is 23.1 Å². The number of amides is 2. The molecule has 1 heterocycles. The van der Waals surface area contributed by atoms with Crippen molar-refractivity contribution in [2.75, 3.05) is 17.7 Å². The van der Waals surface area contributed by atoms with Crippen LogP contribution in [0.3, 0.4) is 0 Å². The highest BCUT2D eigenvalue weighted by molar-refractivity contribution is 8.00. The van der Waals surface area contributed by atoms with Crippen LogP contribution in [0.5, 0.6) is 0 Å². The van der Waals surface area contributed by atoms with Crippen molar-refractivity contribution in [2.24, 2.45) is 5.92 Å². The van der Waals surface area contributed by atoms with E-state index in [9.17, 15) is 19.2 Å². The summed E-state index contributed by atoms with van der Waals surface area (Å²) in [7, 11) is 1.34. The van der Waals surface area contributed by atoms with E-state index >= 15 is 0 Å². The number of ether oxygens (including phenoxy) is 1. The second-order valence-corrected chi connectivity index (χ2v) is 10.6. The van der Waals surface area contributed by atoms with Crippen molar-refractivity contribution in [1.82, 2.24) is 0 Å². The Morgan fingerprint density at radius 2 is 2.03 bits per heavy atom. The molecule has 2 atom stereocenters. The van der Waals surface area contributed by atoms with E-state index in [2.05, 4.69) is 17.6 Å². The Kier molecular flexibility index (Phi) is 9.11. The lowest BCUT2D eigenvalue weighted by Crippen LogP contribution is -2.25. The van der Waals surface area contributed by atoms with Gasteiger partial charge < -0.3 is 20.5 Å². The van der Waals surface area contributed by atoms with Gasteiger partial charge in [0.05, 0.1) is 17.9 Å². The van der Waals surface area contributed by atoms with Gasteiger partial charge in [0.25, 0.3) is 0 Å². The highest BCUT2D eigenvalue weighted by Gasteiger charge is 2.30. The van der Waals surface area contributed by atoms with Gasteiger partial charge in [0, 0.05) is 27.6 Å². The Morgan fingerprint density at radius 1 is 1.26 bits per heavy atom. The van der Waals surface area contributed by atoms with E-state index < -0.39 is 23.1 Å². The summed E-state index contributed by atoms with van der Waals surface area (Å²) < 4.78 is 5.01. The summed E-state index contributed by atoms with van der Waals surface area (Å²) in [6.07, 6.45) is 4.91. The molecule has 2 amide bonds. The third-order valence-electron chi connectivity index (χ3n) is 5.56. The number of thiophene rings is 1. The maximum absolute atomic E-state index is 13.2. The Morgan fingerprint density at radius 3 is 2.71 bits per heavy atom. The molecule has 0 spiro atoms. The fourth-order valence-electron chi connectivity index (χ4n) is 3.81. The van der Waals surface area contributed by atoms with Crippen LogP contribution in [0, 0.1) is 5.92 Å². The van der Waals surface area contributed by atoms with Crippen molar-refractivity contribution in [3.8, 4) is 0 Å². The van der Waals surface area contributed by atoms with Crippen LogP contribution in [-0.4, -0.2) is 41.2 Å². The van der Waals surface area contributed by atoms with Gasteiger partial charge in [-0.2, -0.15) is 0 Å². The van der Waals surface area contributed by atoms with Crippen molar-refractivity contribution < 1.29 is 29.0 Å². The third kappa shape index (κ3) is 6.95. The molecular formula is C25H28N2O6S2. The van der Waals surface area contributed by atoms with E-state index in [1.165, 1.54) is 30.2 Å². The quantitative estimate of drug-likeness (QED) is 0.250. The first-order chi connectivity index (χ1) is 16.7. The van der Waals surface area contributed by atoms with Crippen molar-refractivity contribution in [1.29, 1.82) is 0 Å². The van der Waals surface area contributed by atoms with Crippen molar-refractivity contribution in [3.05, 3.63) is 52.4 Å². The fraction of sp³-hybridized carbons (Fsp3) is 0.360. The first-order valence-corrected chi connectivity index (χ1v) is 12.9. The van der Waals surface area contributed by atoms with Crippen LogP contribution in [0.25, 0.3) is 0 Å². The Hall–Kier alpha value is -3.11. The molecule has 0 saturated heterocycles. The molecule has 0 aliphatic heterocycles. The van der Waals surface area contributed by atoms with E-state index in [1.54, 1.807) is 18.2 Å². The summed E-state index contributed by atoms with van der Waals surface area (Å²) in [4.78, 5) is 50.0. The molecule has 1 aromatic carbocycles. The van der Waals surface area contributed by atoms with Crippen LogP contribution in [0.1, 0.15) is 47.5 Å². The van der Waals surface area contributed by atoms with Crippen LogP contribution in [0.2, 0.25) is 0 Å².